The monoisotopic (exact) mass is 470 g/mol. The van der Waals surface area contributed by atoms with Crippen molar-refractivity contribution < 1.29 is 19.4 Å². The molecular formula is C17H16Br2N2O4. The van der Waals surface area contributed by atoms with Crippen molar-refractivity contribution in [3.05, 3.63) is 50.4 Å². The van der Waals surface area contributed by atoms with Crippen molar-refractivity contribution in [3.8, 4) is 17.2 Å². The minimum Gasteiger partial charge on any atom is -0.503 e. The number of carbonyl (C=O) groups excluding carboxylic acids is 1. The molecule has 6 nitrogen and oxygen atoms in total. The number of halogens is 2. The molecule has 0 saturated carbocycles. The standard InChI is InChI=1S/C17H16Br2N2O4/c1-3-25-13-8-11(14(18)15(19)16(13)22)9-20-21-17(23)10-4-6-12(24-2)7-5-10/h4-9,22H,3H2,1-2H3,(H,21,23). The van der Waals surface area contributed by atoms with Gasteiger partial charge in [-0.2, -0.15) is 5.10 Å². The summed E-state index contributed by atoms with van der Waals surface area (Å²) < 4.78 is 11.5. The number of hydrogen-bond donors (Lipinski definition) is 2. The zero-order valence-corrected chi connectivity index (χ0v) is 16.7. The summed E-state index contributed by atoms with van der Waals surface area (Å²) in [5, 5.41) is 14.0. The molecule has 0 unspecified atom stereocenters. The van der Waals surface area contributed by atoms with Gasteiger partial charge in [0.15, 0.2) is 11.5 Å². The number of nitrogens with zero attached hydrogens (tertiary/aromatic N) is 1. The zero-order valence-electron chi connectivity index (χ0n) is 13.5. The number of ether oxygens (including phenoxy) is 2. The molecule has 0 aromatic heterocycles. The Labute approximate surface area is 162 Å². The number of carbonyl (C=O) groups is 1. The van der Waals surface area contributed by atoms with E-state index in [-0.39, 0.29) is 11.7 Å². The molecule has 2 aromatic rings. The van der Waals surface area contributed by atoms with E-state index in [1.54, 1.807) is 37.4 Å². The first kappa shape index (κ1) is 19.3. The van der Waals surface area contributed by atoms with E-state index in [0.29, 0.717) is 38.2 Å². The number of methoxy groups -OCH3 is 1. The normalized spacial score (nSPS) is 10.7. The number of hydrogen-bond acceptors (Lipinski definition) is 5. The Morgan fingerprint density at radius 3 is 2.56 bits per heavy atom. The van der Waals surface area contributed by atoms with Crippen molar-refractivity contribution in [2.45, 2.75) is 6.92 Å². The van der Waals surface area contributed by atoms with Crippen LogP contribution in [0.4, 0.5) is 0 Å². The molecule has 2 aromatic carbocycles. The smallest absolute Gasteiger partial charge is 0.271 e. The number of amides is 1. The molecule has 8 heteroatoms. The second-order valence-electron chi connectivity index (χ2n) is 4.80. The van der Waals surface area contributed by atoms with Crippen LogP contribution in [0.15, 0.2) is 44.4 Å². The molecule has 0 aliphatic rings. The average Bonchev–Trinajstić information content (AvgIpc) is 2.63. The van der Waals surface area contributed by atoms with Crippen molar-refractivity contribution in [2.24, 2.45) is 5.10 Å². The summed E-state index contributed by atoms with van der Waals surface area (Å²) >= 11 is 6.65. The number of nitrogens with one attached hydrogen (secondary N) is 1. The molecule has 1 amide bonds. The van der Waals surface area contributed by atoms with E-state index in [1.165, 1.54) is 6.21 Å². The fraction of sp³-hybridized carbons (Fsp3) is 0.176. The minimum atomic E-state index is -0.349. The highest BCUT2D eigenvalue weighted by Gasteiger charge is 2.14. The van der Waals surface area contributed by atoms with Gasteiger partial charge < -0.3 is 14.6 Å². The van der Waals surface area contributed by atoms with E-state index in [0.717, 1.165) is 0 Å². The van der Waals surface area contributed by atoms with Crippen LogP contribution in [0.25, 0.3) is 0 Å². The maximum absolute atomic E-state index is 12.1. The molecule has 0 fully saturated rings. The fourth-order valence-electron chi connectivity index (χ4n) is 1.94. The van der Waals surface area contributed by atoms with Gasteiger partial charge in [-0.25, -0.2) is 5.43 Å². The Hall–Kier alpha value is -2.06. The lowest BCUT2D eigenvalue weighted by Gasteiger charge is -2.10. The second kappa shape index (κ2) is 8.87. The number of rotatable bonds is 6. The van der Waals surface area contributed by atoms with Crippen LogP contribution in [0, 0.1) is 0 Å². The van der Waals surface area contributed by atoms with Gasteiger partial charge in [0, 0.05) is 15.6 Å². The maximum Gasteiger partial charge on any atom is 0.271 e. The molecule has 25 heavy (non-hydrogen) atoms. The van der Waals surface area contributed by atoms with E-state index in [9.17, 15) is 9.90 Å². The summed E-state index contributed by atoms with van der Waals surface area (Å²) in [7, 11) is 1.56. The number of benzene rings is 2. The Morgan fingerprint density at radius 2 is 1.96 bits per heavy atom. The van der Waals surface area contributed by atoms with Gasteiger partial charge in [-0.3, -0.25) is 4.79 Å². The Morgan fingerprint density at radius 1 is 1.28 bits per heavy atom. The molecule has 0 heterocycles. The van der Waals surface area contributed by atoms with Gasteiger partial charge in [0.2, 0.25) is 0 Å². The zero-order chi connectivity index (χ0) is 18.4. The van der Waals surface area contributed by atoms with Crippen LogP contribution < -0.4 is 14.9 Å². The molecule has 0 aliphatic carbocycles. The van der Waals surface area contributed by atoms with Crippen LogP contribution in [-0.2, 0) is 0 Å². The summed E-state index contributed by atoms with van der Waals surface area (Å²) in [4.78, 5) is 12.1. The lowest BCUT2D eigenvalue weighted by Crippen LogP contribution is -2.17. The predicted octanol–water partition coefficient (Wildman–Crippen LogP) is 4.09. The summed E-state index contributed by atoms with van der Waals surface area (Å²) in [5.41, 5.74) is 3.53. The molecule has 0 spiro atoms. The van der Waals surface area contributed by atoms with E-state index >= 15 is 0 Å². The summed E-state index contributed by atoms with van der Waals surface area (Å²) in [5.74, 6) is 0.632. The Bertz CT molecular complexity index is 792. The van der Waals surface area contributed by atoms with Crippen LogP contribution in [0.2, 0.25) is 0 Å². The third kappa shape index (κ3) is 4.73. The highest BCUT2D eigenvalue weighted by Crippen LogP contribution is 2.41. The van der Waals surface area contributed by atoms with E-state index in [4.69, 9.17) is 9.47 Å². The SMILES string of the molecule is CCOc1cc(C=NNC(=O)c2ccc(OC)cc2)c(Br)c(Br)c1O. The van der Waals surface area contributed by atoms with Crippen LogP contribution in [-0.4, -0.2) is 30.9 Å². The largest absolute Gasteiger partial charge is 0.503 e. The van der Waals surface area contributed by atoms with Gasteiger partial charge in [-0.1, -0.05) is 0 Å². The van der Waals surface area contributed by atoms with Gasteiger partial charge in [0.05, 0.1) is 24.4 Å². The van der Waals surface area contributed by atoms with Gasteiger partial charge in [-0.15, -0.1) is 0 Å². The summed E-state index contributed by atoms with van der Waals surface area (Å²) in [6.07, 6.45) is 1.46. The number of aromatic hydroxyl groups is 1. The van der Waals surface area contributed by atoms with Crippen LogP contribution in [0.3, 0.4) is 0 Å². The highest BCUT2D eigenvalue weighted by atomic mass is 79.9. The lowest BCUT2D eigenvalue weighted by molar-refractivity contribution is 0.0955. The van der Waals surface area contributed by atoms with E-state index in [2.05, 4.69) is 42.4 Å². The van der Waals surface area contributed by atoms with Crippen LogP contribution in [0.1, 0.15) is 22.8 Å². The first-order chi connectivity index (χ1) is 12.0. The molecule has 0 radical (unpaired) electrons. The molecule has 0 atom stereocenters. The van der Waals surface area contributed by atoms with Crippen molar-refractivity contribution >= 4 is 44.0 Å². The van der Waals surface area contributed by atoms with Crippen molar-refractivity contribution in [3.63, 3.8) is 0 Å². The number of phenols is 1. The first-order valence-corrected chi connectivity index (χ1v) is 8.87. The molecule has 0 saturated heterocycles. The van der Waals surface area contributed by atoms with Crippen molar-refractivity contribution in [1.29, 1.82) is 0 Å². The van der Waals surface area contributed by atoms with E-state index < -0.39 is 0 Å². The van der Waals surface area contributed by atoms with Gasteiger partial charge in [0.1, 0.15) is 5.75 Å². The quantitative estimate of drug-likeness (QED) is 0.491. The second-order valence-corrected chi connectivity index (χ2v) is 6.39. The molecular weight excluding hydrogens is 456 g/mol. The maximum atomic E-state index is 12.1. The van der Waals surface area contributed by atoms with Crippen LogP contribution >= 0.6 is 31.9 Å². The first-order valence-electron chi connectivity index (χ1n) is 7.29. The highest BCUT2D eigenvalue weighted by molar-refractivity contribution is 9.13. The van der Waals surface area contributed by atoms with Crippen molar-refractivity contribution in [2.75, 3.05) is 13.7 Å². The molecule has 2 rings (SSSR count). The summed E-state index contributed by atoms with van der Waals surface area (Å²) in [6, 6.07) is 8.30. The summed E-state index contributed by atoms with van der Waals surface area (Å²) in [6.45, 7) is 2.23. The van der Waals surface area contributed by atoms with Crippen molar-refractivity contribution in [1.82, 2.24) is 5.43 Å². The molecule has 132 valence electrons. The van der Waals surface area contributed by atoms with E-state index in [1.807, 2.05) is 6.92 Å². The molecule has 2 N–H and O–H groups in total. The molecule has 0 aliphatic heterocycles. The average molecular weight is 472 g/mol. The topological polar surface area (TPSA) is 80.2 Å². The number of hydrazone groups is 1. The Balaban J connectivity index is 2.14. The lowest BCUT2D eigenvalue weighted by atomic mass is 10.2. The number of phenolic OH excluding ortho intramolecular Hbond substituents is 1. The van der Waals surface area contributed by atoms with Gasteiger partial charge in [-0.05, 0) is 69.1 Å². The van der Waals surface area contributed by atoms with Crippen LogP contribution in [0.5, 0.6) is 17.2 Å². The fourth-order valence-corrected chi connectivity index (χ4v) is 2.77. The third-order valence-electron chi connectivity index (χ3n) is 3.20. The Kier molecular flexibility index (Phi) is 6.83. The van der Waals surface area contributed by atoms with Gasteiger partial charge in [0.25, 0.3) is 5.91 Å². The third-order valence-corrected chi connectivity index (χ3v) is 5.35. The van der Waals surface area contributed by atoms with Gasteiger partial charge >= 0.3 is 0 Å². The predicted molar refractivity (Wildman–Crippen MR) is 103 cm³/mol. The minimum absolute atomic E-state index is 0.00635. The molecule has 0 bridgehead atoms.